The summed E-state index contributed by atoms with van der Waals surface area (Å²) in [4.78, 5) is 3.89. The predicted molar refractivity (Wildman–Crippen MR) is 48.2 cm³/mol. The van der Waals surface area contributed by atoms with E-state index in [2.05, 4.69) is 18.5 Å². The average molecular weight is 203 g/mol. The molecule has 1 aromatic rings. The van der Waals surface area contributed by atoms with Crippen LogP contribution in [-0.4, -0.2) is 9.55 Å². The van der Waals surface area contributed by atoms with E-state index in [1.54, 1.807) is 12.5 Å². The number of hydrogen-bond donors (Lipinski definition) is 0. The van der Waals surface area contributed by atoms with Crippen molar-refractivity contribution in [1.82, 2.24) is 9.55 Å². The maximum absolute atomic E-state index is 3.89. The van der Waals surface area contributed by atoms with Crippen LogP contribution in [0.1, 0.15) is 13.3 Å². The Morgan fingerprint density at radius 3 is 2.80 bits per heavy atom. The SMILES string of the molecule is Br.C=C(CC)n1ccnc1. The molecule has 0 unspecified atom stereocenters. The minimum absolute atomic E-state index is 0. The monoisotopic (exact) mass is 202 g/mol. The van der Waals surface area contributed by atoms with Crippen molar-refractivity contribution >= 4 is 22.7 Å². The van der Waals surface area contributed by atoms with Crippen LogP contribution in [0, 0.1) is 0 Å². The lowest BCUT2D eigenvalue weighted by molar-refractivity contribution is 1.01. The maximum atomic E-state index is 3.89. The topological polar surface area (TPSA) is 17.8 Å². The molecule has 1 heterocycles. The fourth-order valence-electron chi connectivity index (χ4n) is 0.629. The molecule has 0 amide bonds. The van der Waals surface area contributed by atoms with E-state index in [1.807, 2.05) is 10.8 Å². The number of hydrogen-bond acceptors (Lipinski definition) is 1. The van der Waals surface area contributed by atoms with Crippen molar-refractivity contribution in [3.8, 4) is 0 Å². The first-order chi connectivity index (χ1) is 4.34. The Hall–Kier alpha value is -0.570. The molecular formula is C7H11BrN2. The van der Waals surface area contributed by atoms with Crippen molar-refractivity contribution < 1.29 is 0 Å². The molecule has 0 aliphatic rings. The fourth-order valence-corrected chi connectivity index (χ4v) is 0.629. The van der Waals surface area contributed by atoms with E-state index in [9.17, 15) is 0 Å². The van der Waals surface area contributed by atoms with Crippen molar-refractivity contribution in [3.05, 3.63) is 25.3 Å². The van der Waals surface area contributed by atoms with Gasteiger partial charge in [-0.1, -0.05) is 13.5 Å². The summed E-state index contributed by atoms with van der Waals surface area (Å²) in [6.07, 6.45) is 6.37. The van der Waals surface area contributed by atoms with E-state index in [-0.39, 0.29) is 17.0 Å². The summed E-state index contributed by atoms with van der Waals surface area (Å²) < 4.78 is 1.92. The third-order valence-corrected chi connectivity index (χ3v) is 1.28. The summed E-state index contributed by atoms with van der Waals surface area (Å²) >= 11 is 0. The smallest absolute Gasteiger partial charge is 0.0988 e. The third-order valence-electron chi connectivity index (χ3n) is 1.28. The molecule has 0 N–H and O–H groups in total. The number of allylic oxidation sites excluding steroid dienone is 1. The number of halogens is 1. The Morgan fingerprint density at radius 1 is 1.70 bits per heavy atom. The largest absolute Gasteiger partial charge is 0.311 e. The average Bonchev–Trinajstić information content (AvgIpc) is 2.37. The van der Waals surface area contributed by atoms with Gasteiger partial charge < -0.3 is 4.57 Å². The van der Waals surface area contributed by atoms with Gasteiger partial charge in [-0.25, -0.2) is 4.98 Å². The zero-order chi connectivity index (χ0) is 6.69. The van der Waals surface area contributed by atoms with Gasteiger partial charge in [0.25, 0.3) is 0 Å². The van der Waals surface area contributed by atoms with E-state index in [1.165, 1.54) is 0 Å². The van der Waals surface area contributed by atoms with Crippen molar-refractivity contribution in [1.29, 1.82) is 0 Å². The number of rotatable bonds is 2. The lowest BCUT2D eigenvalue weighted by Gasteiger charge is -1.99. The highest BCUT2D eigenvalue weighted by molar-refractivity contribution is 8.93. The second-order valence-corrected chi connectivity index (χ2v) is 1.89. The predicted octanol–water partition coefficient (Wildman–Crippen LogP) is 2.34. The standard InChI is InChI=1S/C7H10N2.BrH/c1-3-7(2)9-5-4-8-6-9;/h4-6H,2-3H2,1H3;1H. The lowest BCUT2D eigenvalue weighted by Crippen LogP contribution is -1.88. The molecule has 1 aromatic heterocycles. The van der Waals surface area contributed by atoms with E-state index in [0.717, 1.165) is 12.1 Å². The van der Waals surface area contributed by atoms with E-state index >= 15 is 0 Å². The summed E-state index contributed by atoms with van der Waals surface area (Å²) in [6, 6.07) is 0. The molecule has 0 bridgehead atoms. The summed E-state index contributed by atoms with van der Waals surface area (Å²) in [5, 5.41) is 0. The first kappa shape index (κ1) is 9.43. The van der Waals surface area contributed by atoms with Gasteiger partial charge in [-0.2, -0.15) is 0 Å². The molecule has 0 saturated heterocycles. The highest BCUT2D eigenvalue weighted by atomic mass is 79.9. The van der Waals surface area contributed by atoms with Gasteiger partial charge in [0.2, 0.25) is 0 Å². The molecule has 10 heavy (non-hydrogen) atoms. The number of aromatic nitrogens is 2. The van der Waals surface area contributed by atoms with Crippen molar-refractivity contribution in [2.24, 2.45) is 0 Å². The highest BCUT2D eigenvalue weighted by Crippen LogP contribution is 2.02. The quantitative estimate of drug-likeness (QED) is 0.721. The van der Waals surface area contributed by atoms with Crippen LogP contribution in [0.25, 0.3) is 5.70 Å². The van der Waals surface area contributed by atoms with Gasteiger partial charge in [0.1, 0.15) is 0 Å². The molecule has 56 valence electrons. The van der Waals surface area contributed by atoms with Crippen LogP contribution in [0.5, 0.6) is 0 Å². The molecule has 1 rings (SSSR count). The summed E-state index contributed by atoms with van der Waals surface area (Å²) in [6.45, 7) is 5.91. The Balaban J connectivity index is 0.000000810. The Kier molecular flexibility index (Phi) is 4.03. The van der Waals surface area contributed by atoms with Crippen LogP contribution >= 0.6 is 17.0 Å². The molecule has 0 saturated carbocycles. The molecule has 0 aliphatic carbocycles. The molecule has 0 fully saturated rings. The first-order valence-corrected chi connectivity index (χ1v) is 3.00. The van der Waals surface area contributed by atoms with Gasteiger partial charge in [-0.3, -0.25) is 0 Å². The Bertz CT molecular complexity index is 191. The molecule has 0 spiro atoms. The Labute approximate surface area is 71.4 Å². The van der Waals surface area contributed by atoms with Crippen LogP contribution in [0.15, 0.2) is 25.3 Å². The Morgan fingerprint density at radius 2 is 2.40 bits per heavy atom. The van der Waals surface area contributed by atoms with E-state index in [4.69, 9.17) is 0 Å². The molecule has 0 atom stereocenters. The minimum Gasteiger partial charge on any atom is -0.311 e. The summed E-state index contributed by atoms with van der Waals surface area (Å²) in [5.74, 6) is 0. The molecule has 0 aromatic carbocycles. The maximum Gasteiger partial charge on any atom is 0.0988 e. The zero-order valence-corrected chi connectivity index (χ0v) is 7.66. The van der Waals surface area contributed by atoms with Crippen molar-refractivity contribution in [2.45, 2.75) is 13.3 Å². The third kappa shape index (κ3) is 1.99. The van der Waals surface area contributed by atoms with Crippen molar-refractivity contribution in [2.75, 3.05) is 0 Å². The van der Waals surface area contributed by atoms with Crippen LogP contribution in [0.2, 0.25) is 0 Å². The van der Waals surface area contributed by atoms with Gasteiger partial charge in [0.15, 0.2) is 0 Å². The molecule has 0 radical (unpaired) electrons. The molecule has 3 heteroatoms. The van der Waals surface area contributed by atoms with Crippen molar-refractivity contribution in [3.63, 3.8) is 0 Å². The summed E-state index contributed by atoms with van der Waals surface area (Å²) in [5.41, 5.74) is 1.08. The van der Waals surface area contributed by atoms with Gasteiger partial charge in [0.05, 0.1) is 6.33 Å². The van der Waals surface area contributed by atoms with Crippen LogP contribution in [0.4, 0.5) is 0 Å². The normalized spacial score (nSPS) is 8.50. The molecule has 0 aliphatic heterocycles. The zero-order valence-electron chi connectivity index (χ0n) is 5.95. The fraction of sp³-hybridized carbons (Fsp3) is 0.286. The summed E-state index contributed by atoms with van der Waals surface area (Å²) in [7, 11) is 0. The van der Waals surface area contributed by atoms with Crippen LogP contribution in [0.3, 0.4) is 0 Å². The van der Waals surface area contributed by atoms with Gasteiger partial charge in [-0.15, -0.1) is 17.0 Å². The van der Waals surface area contributed by atoms with Gasteiger partial charge in [-0.05, 0) is 6.42 Å². The van der Waals surface area contributed by atoms with Crippen LogP contribution in [-0.2, 0) is 0 Å². The van der Waals surface area contributed by atoms with Gasteiger partial charge >= 0.3 is 0 Å². The van der Waals surface area contributed by atoms with Gasteiger partial charge in [0, 0.05) is 18.1 Å². The highest BCUT2D eigenvalue weighted by Gasteiger charge is 1.89. The molecule has 2 nitrogen and oxygen atoms in total. The van der Waals surface area contributed by atoms with Crippen LogP contribution < -0.4 is 0 Å². The first-order valence-electron chi connectivity index (χ1n) is 3.00. The second kappa shape index (κ2) is 4.28. The van der Waals surface area contributed by atoms with E-state index < -0.39 is 0 Å². The van der Waals surface area contributed by atoms with E-state index in [0.29, 0.717) is 0 Å². The molecular weight excluding hydrogens is 192 g/mol. The minimum atomic E-state index is 0. The lowest BCUT2D eigenvalue weighted by atomic mass is 10.4. The number of nitrogens with zero attached hydrogens (tertiary/aromatic N) is 2. The number of imidazole rings is 1. The second-order valence-electron chi connectivity index (χ2n) is 1.89.